The lowest BCUT2D eigenvalue weighted by molar-refractivity contribution is 0.348. The first-order chi connectivity index (χ1) is 8.22. The zero-order chi connectivity index (χ0) is 12.3. The molecule has 1 N–H and O–H groups in total. The van der Waals surface area contributed by atoms with Gasteiger partial charge in [0.15, 0.2) is 0 Å². The van der Waals surface area contributed by atoms with E-state index >= 15 is 0 Å². The van der Waals surface area contributed by atoms with Crippen LogP contribution >= 0.6 is 0 Å². The van der Waals surface area contributed by atoms with Crippen molar-refractivity contribution in [3.63, 3.8) is 0 Å². The molecule has 3 atom stereocenters. The molecule has 0 saturated heterocycles. The van der Waals surface area contributed by atoms with Crippen molar-refractivity contribution in [2.75, 3.05) is 27.7 Å². The molecule has 0 aromatic heterocycles. The van der Waals surface area contributed by atoms with Crippen LogP contribution in [0.25, 0.3) is 0 Å². The molecule has 1 fully saturated rings. The Morgan fingerprint density at radius 1 is 1.29 bits per heavy atom. The quantitative estimate of drug-likeness (QED) is 0.810. The zero-order valence-electron chi connectivity index (χ0n) is 11.2. The Morgan fingerprint density at radius 3 is 2.59 bits per heavy atom. The van der Waals surface area contributed by atoms with E-state index in [0.29, 0.717) is 6.04 Å². The van der Waals surface area contributed by atoms with E-state index < -0.39 is 0 Å². The van der Waals surface area contributed by atoms with Crippen molar-refractivity contribution in [1.82, 2.24) is 10.2 Å². The van der Waals surface area contributed by atoms with E-state index in [4.69, 9.17) is 0 Å². The standard InChI is InChI=1S/C15H24N2/c1-16-15(9-10-17(2)3)14-11-13(14)12-7-5-4-6-8-12/h4-8,13-16H,9-11H2,1-3H3. The molecule has 0 spiro atoms. The summed E-state index contributed by atoms with van der Waals surface area (Å²) in [6, 6.07) is 11.6. The van der Waals surface area contributed by atoms with Crippen LogP contribution in [0.5, 0.6) is 0 Å². The van der Waals surface area contributed by atoms with Gasteiger partial charge in [-0.1, -0.05) is 30.3 Å². The molecule has 3 unspecified atom stereocenters. The fraction of sp³-hybridized carbons (Fsp3) is 0.600. The lowest BCUT2D eigenvalue weighted by atomic mass is 10.0. The molecule has 0 amide bonds. The molecular weight excluding hydrogens is 208 g/mol. The summed E-state index contributed by atoms with van der Waals surface area (Å²) < 4.78 is 0. The molecule has 1 aromatic carbocycles. The molecule has 0 heterocycles. The number of nitrogens with zero attached hydrogens (tertiary/aromatic N) is 1. The van der Waals surface area contributed by atoms with Gasteiger partial charge in [-0.05, 0) is 57.9 Å². The summed E-state index contributed by atoms with van der Waals surface area (Å²) in [5.41, 5.74) is 1.52. The number of hydrogen-bond acceptors (Lipinski definition) is 2. The smallest absolute Gasteiger partial charge is 0.0111 e. The molecule has 2 heteroatoms. The summed E-state index contributed by atoms with van der Waals surface area (Å²) in [6.45, 7) is 1.17. The molecule has 17 heavy (non-hydrogen) atoms. The van der Waals surface area contributed by atoms with Crippen molar-refractivity contribution in [3.05, 3.63) is 35.9 Å². The van der Waals surface area contributed by atoms with Gasteiger partial charge < -0.3 is 10.2 Å². The van der Waals surface area contributed by atoms with Crippen molar-refractivity contribution < 1.29 is 0 Å². The minimum absolute atomic E-state index is 0.669. The second-order valence-corrected chi connectivity index (χ2v) is 5.40. The molecule has 1 aromatic rings. The highest BCUT2D eigenvalue weighted by Gasteiger charge is 2.42. The van der Waals surface area contributed by atoms with Crippen LogP contribution in [0, 0.1) is 5.92 Å². The normalized spacial score (nSPS) is 24.9. The Kier molecular flexibility index (Phi) is 4.19. The molecule has 0 bridgehead atoms. The molecule has 1 aliphatic rings. The van der Waals surface area contributed by atoms with E-state index in [-0.39, 0.29) is 0 Å². The van der Waals surface area contributed by atoms with Crippen LogP contribution in [-0.4, -0.2) is 38.6 Å². The van der Waals surface area contributed by atoms with Crippen LogP contribution < -0.4 is 5.32 Å². The molecule has 2 nitrogen and oxygen atoms in total. The Bertz CT molecular complexity index is 334. The van der Waals surface area contributed by atoms with Gasteiger partial charge >= 0.3 is 0 Å². The summed E-state index contributed by atoms with van der Waals surface area (Å²) in [4.78, 5) is 2.27. The van der Waals surface area contributed by atoms with Crippen molar-refractivity contribution in [2.45, 2.75) is 24.8 Å². The van der Waals surface area contributed by atoms with Crippen LogP contribution in [0.4, 0.5) is 0 Å². The van der Waals surface area contributed by atoms with Crippen LogP contribution in [0.1, 0.15) is 24.3 Å². The highest BCUT2D eigenvalue weighted by molar-refractivity contribution is 5.26. The van der Waals surface area contributed by atoms with E-state index in [1.165, 1.54) is 24.9 Å². The number of hydrogen-bond donors (Lipinski definition) is 1. The van der Waals surface area contributed by atoms with Gasteiger partial charge in [0.05, 0.1) is 0 Å². The largest absolute Gasteiger partial charge is 0.317 e. The van der Waals surface area contributed by atoms with Gasteiger partial charge in [-0.3, -0.25) is 0 Å². The van der Waals surface area contributed by atoms with E-state index in [1.54, 1.807) is 0 Å². The highest BCUT2D eigenvalue weighted by Crippen LogP contribution is 2.49. The predicted molar refractivity (Wildman–Crippen MR) is 73.3 cm³/mol. The van der Waals surface area contributed by atoms with Gasteiger partial charge in [0.1, 0.15) is 0 Å². The van der Waals surface area contributed by atoms with Gasteiger partial charge in [-0.25, -0.2) is 0 Å². The number of benzene rings is 1. The van der Waals surface area contributed by atoms with E-state index in [1.807, 2.05) is 0 Å². The van der Waals surface area contributed by atoms with Gasteiger partial charge in [0.25, 0.3) is 0 Å². The SMILES string of the molecule is CNC(CCN(C)C)C1CC1c1ccccc1. The Morgan fingerprint density at radius 2 is 2.00 bits per heavy atom. The molecule has 0 aliphatic heterocycles. The highest BCUT2D eigenvalue weighted by atomic mass is 15.1. The van der Waals surface area contributed by atoms with E-state index in [0.717, 1.165) is 11.8 Å². The third-order valence-corrected chi connectivity index (χ3v) is 3.84. The first-order valence-corrected chi connectivity index (χ1v) is 6.59. The maximum absolute atomic E-state index is 3.49. The molecule has 1 saturated carbocycles. The minimum atomic E-state index is 0.669. The first kappa shape index (κ1) is 12.6. The second-order valence-electron chi connectivity index (χ2n) is 5.40. The Balaban J connectivity index is 1.88. The lowest BCUT2D eigenvalue weighted by Crippen LogP contribution is -2.31. The lowest BCUT2D eigenvalue weighted by Gasteiger charge is -2.19. The zero-order valence-corrected chi connectivity index (χ0v) is 11.2. The maximum Gasteiger partial charge on any atom is 0.0111 e. The molecule has 1 aliphatic carbocycles. The van der Waals surface area contributed by atoms with Gasteiger partial charge in [-0.2, -0.15) is 0 Å². The van der Waals surface area contributed by atoms with Crippen LogP contribution in [0.3, 0.4) is 0 Å². The van der Waals surface area contributed by atoms with Crippen LogP contribution in [-0.2, 0) is 0 Å². The molecular formula is C15H24N2. The van der Waals surface area contributed by atoms with Gasteiger partial charge in [-0.15, -0.1) is 0 Å². The van der Waals surface area contributed by atoms with Crippen LogP contribution in [0.15, 0.2) is 30.3 Å². The Labute approximate surface area is 105 Å². The third kappa shape index (κ3) is 3.30. The van der Waals surface area contributed by atoms with Crippen molar-refractivity contribution >= 4 is 0 Å². The van der Waals surface area contributed by atoms with Crippen molar-refractivity contribution in [2.24, 2.45) is 5.92 Å². The second kappa shape index (κ2) is 5.65. The predicted octanol–water partition coefficient (Wildman–Crippen LogP) is 2.33. The molecule has 2 rings (SSSR count). The molecule has 94 valence electrons. The molecule has 0 radical (unpaired) electrons. The fourth-order valence-corrected chi connectivity index (χ4v) is 2.71. The summed E-state index contributed by atoms with van der Waals surface area (Å²) >= 11 is 0. The summed E-state index contributed by atoms with van der Waals surface area (Å²) in [5.74, 6) is 1.62. The van der Waals surface area contributed by atoms with Crippen LogP contribution in [0.2, 0.25) is 0 Å². The number of rotatable bonds is 6. The Hall–Kier alpha value is -0.860. The number of nitrogens with one attached hydrogen (secondary N) is 1. The van der Waals surface area contributed by atoms with Crippen molar-refractivity contribution in [3.8, 4) is 0 Å². The maximum atomic E-state index is 3.49. The van der Waals surface area contributed by atoms with Gasteiger partial charge in [0.2, 0.25) is 0 Å². The average Bonchev–Trinajstić information content (AvgIpc) is 3.11. The van der Waals surface area contributed by atoms with Crippen molar-refractivity contribution in [1.29, 1.82) is 0 Å². The summed E-state index contributed by atoms with van der Waals surface area (Å²) in [5, 5.41) is 3.49. The minimum Gasteiger partial charge on any atom is -0.317 e. The summed E-state index contributed by atoms with van der Waals surface area (Å²) in [6.07, 6.45) is 2.60. The first-order valence-electron chi connectivity index (χ1n) is 6.59. The topological polar surface area (TPSA) is 15.3 Å². The average molecular weight is 232 g/mol. The van der Waals surface area contributed by atoms with E-state index in [9.17, 15) is 0 Å². The monoisotopic (exact) mass is 232 g/mol. The van der Waals surface area contributed by atoms with E-state index in [2.05, 4.69) is 61.7 Å². The fourth-order valence-electron chi connectivity index (χ4n) is 2.71. The third-order valence-electron chi connectivity index (χ3n) is 3.84. The summed E-state index contributed by atoms with van der Waals surface area (Å²) in [7, 11) is 6.39. The van der Waals surface area contributed by atoms with Gasteiger partial charge in [0, 0.05) is 6.04 Å².